The van der Waals surface area contributed by atoms with E-state index in [9.17, 15) is 9.59 Å². The molecule has 4 rings (SSSR count). The molecular weight excluding hydrogens is 348 g/mol. The highest BCUT2D eigenvalue weighted by molar-refractivity contribution is 7.99. The summed E-state index contributed by atoms with van der Waals surface area (Å²) in [6, 6.07) is 10.4. The molecule has 2 aliphatic rings. The minimum Gasteiger partial charge on any atom is -0.352 e. The first-order valence-electron chi connectivity index (χ1n) is 9.32. The molecule has 6 nitrogen and oxygen atoms in total. The van der Waals surface area contributed by atoms with E-state index < -0.39 is 0 Å². The Bertz CT molecular complexity index is 796. The molecule has 0 unspecified atom stereocenters. The summed E-state index contributed by atoms with van der Waals surface area (Å²) < 4.78 is 1.62. The molecule has 2 fully saturated rings. The largest absolute Gasteiger partial charge is 0.352 e. The van der Waals surface area contributed by atoms with Gasteiger partial charge in [-0.25, -0.2) is 9.89 Å². The maximum atomic E-state index is 12.3. The number of carbonyl (C=O) groups is 1. The van der Waals surface area contributed by atoms with Crippen LogP contribution < -0.4 is 11.0 Å². The fourth-order valence-corrected chi connectivity index (χ4v) is 4.17. The first kappa shape index (κ1) is 17.4. The number of rotatable bonds is 9. The molecule has 0 aliphatic heterocycles. The highest BCUT2D eigenvalue weighted by Gasteiger charge is 2.42. The molecular formula is C19H24N4O2S. The van der Waals surface area contributed by atoms with Crippen LogP contribution in [-0.2, 0) is 17.8 Å². The first-order valence-corrected chi connectivity index (χ1v) is 10.3. The molecule has 0 spiro atoms. The lowest BCUT2D eigenvalue weighted by molar-refractivity contribution is -0.119. The summed E-state index contributed by atoms with van der Waals surface area (Å²) in [6.45, 7) is 0.552. The van der Waals surface area contributed by atoms with Gasteiger partial charge < -0.3 is 5.32 Å². The Kier molecular flexibility index (Phi) is 5.15. The summed E-state index contributed by atoms with van der Waals surface area (Å²) in [5.41, 5.74) is 0.948. The number of amides is 1. The van der Waals surface area contributed by atoms with Crippen LogP contribution >= 0.6 is 11.8 Å². The van der Waals surface area contributed by atoms with Crippen LogP contribution in [0.1, 0.15) is 31.2 Å². The van der Waals surface area contributed by atoms with Crippen molar-refractivity contribution < 1.29 is 4.79 Å². The zero-order valence-electron chi connectivity index (χ0n) is 14.7. The van der Waals surface area contributed by atoms with Gasteiger partial charge >= 0.3 is 5.69 Å². The van der Waals surface area contributed by atoms with Gasteiger partial charge in [0.05, 0.1) is 5.75 Å². The van der Waals surface area contributed by atoms with E-state index in [1.165, 1.54) is 43.0 Å². The molecule has 2 N–H and O–H groups in total. The summed E-state index contributed by atoms with van der Waals surface area (Å²) in [5.74, 6) is 1.71. The van der Waals surface area contributed by atoms with Crippen molar-refractivity contribution >= 4 is 17.7 Å². The Labute approximate surface area is 156 Å². The summed E-state index contributed by atoms with van der Waals surface area (Å²) in [4.78, 5) is 24.3. The molecule has 1 aromatic carbocycles. The van der Waals surface area contributed by atoms with Crippen LogP contribution in [0, 0.1) is 11.8 Å². The predicted octanol–water partition coefficient (Wildman–Crippen LogP) is 2.21. The summed E-state index contributed by atoms with van der Waals surface area (Å²) in [5, 5.41) is 10.4. The molecule has 0 radical (unpaired) electrons. The van der Waals surface area contributed by atoms with Crippen molar-refractivity contribution in [3.63, 3.8) is 0 Å². The number of benzene rings is 1. The van der Waals surface area contributed by atoms with E-state index >= 15 is 0 Å². The molecule has 1 amide bonds. The van der Waals surface area contributed by atoms with Crippen LogP contribution in [0.5, 0.6) is 0 Å². The number of H-pyrrole nitrogens is 1. The predicted molar refractivity (Wildman–Crippen MR) is 101 cm³/mol. The molecule has 2 aliphatic carbocycles. The van der Waals surface area contributed by atoms with E-state index in [0.717, 1.165) is 6.42 Å². The molecule has 0 atom stereocenters. The number of nitrogens with one attached hydrogen (secondary N) is 2. The number of aromatic nitrogens is 3. The Hall–Kier alpha value is -2.02. The normalized spacial score (nSPS) is 16.8. The zero-order chi connectivity index (χ0) is 17.9. The van der Waals surface area contributed by atoms with Gasteiger partial charge in [-0.1, -0.05) is 42.1 Å². The molecule has 7 heteroatoms. The lowest BCUT2D eigenvalue weighted by Gasteiger charge is -2.17. The minimum absolute atomic E-state index is 0.0452. The number of carbonyl (C=O) groups excluding carboxylic acids is 1. The third kappa shape index (κ3) is 4.38. The van der Waals surface area contributed by atoms with Crippen molar-refractivity contribution in [1.29, 1.82) is 0 Å². The van der Waals surface area contributed by atoms with Gasteiger partial charge in [0.2, 0.25) is 5.91 Å². The standard InChI is InChI=1S/C19H24N4O2S/c24-16(20-17(14-6-7-14)15-8-9-15)12-26-19-22-21-18(25)23(19)11-10-13-4-2-1-3-5-13/h1-5,14-15,17H,6-12H2,(H,20,24)(H,21,25). The van der Waals surface area contributed by atoms with Crippen molar-refractivity contribution in [1.82, 2.24) is 20.1 Å². The van der Waals surface area contributed by atoms with Gasteiger partial charge in [-0.3, -0.25) is 9.36 Å². The van der Waals surface area contributed by atoms with Crippen molar-refractivity contribution in [2.75, 3.05) is 5.75 Å². The van der Waals surface area contributed by atoms with Crippen LogP contribution in [0.25, 0.3) is 0 Å². The van der Waals surface area contributed by atoms with E-state index in [2.05, 4.69) is 15.5 Å². The van der Waals surface area contributed by atoms with Crippen LogP contribution in [0.3, 0.4) is 0 Å². The van der Waals surface area contributed by atoms with Gasteiger partial charge in [0.15, 0.2) is 5.16 Å². The highest BCUT2D eigenvalue weighted by Crippen LogP contribution is 2.44. The smallest absolute Gasteiger partial charge is 0.343 e. The van der Waals surface area contributed by atoms with E-state index in [0.29, 0.717) is 35.3 Å². The topological polar surface area (TPSA) is 79.8 Å². The van der Waals surface area contributed by atoms with Gasteiger partial charge in [0, 0.05) is 12.6 Å². The molecule has 1 aromatic heterocycles. The second kappa shape index (κ2) is 7.70. The molecule has 26 heavy (non-hydrogen) atoms. The number of thioether (sulfide) groups is 1. The van der Waals surface area contributed by atoms with Crippen LogP contribution in [0.15, 0.2) is 40.3 Å². The third-order valence-corrected chi connectivity index (χ3v) is 6.09. The number of aryl methyl sites for hydroxylation is 1. The molecule has 1 heterocycles. The number of nitrogens with zero attached hydrogens (tertiary/aromatic N) is 2. The van der Waals surface area contributed by atoms with Crippen molar-refractivity contribution in [2.24, 2.45) is 11.8 Å². The minimum atomic E-state index is -0.224. The van der Waals surface area contributed by atoms with Gasteiger partial charge in [0.1, 0.15) is 0 Å². The maximum Gasteiger partial charge on any atom is 0.343 e. The molecule has 0 saturated heterocycles. The van der Waals surface area contributed by atoms with Crippen LogP contribution in [-0.4, -0.2) is 32.5 Å². The Morgan fingerprint density at radius 2 is 1.92 bits per heavy atom. The molecule has 138 valence electrons. The van der Waals surface area contributed by atoms with Gasteiger partial charge in [0.25, 0.3) is 0 Å². The maximum absolute atomic E-state index is 12.3. The fourth-order valence-electron chi connectivity index (χ4n) is 3.39. The van der Waals surface area contributed by atoms with Crippen molar-refractivity contribution in [2.45, 2.75) is 49.8 Å². The fraction of sp³-hybridized carbons (Fsp3) is 0.526. The van der Waals surface area contributed by atoms with Crippen molar-refractivity contribution in [3.05, 3.63) is 46.4 Å². The van der Waals surface area contributed by atoms with Crippen LogP contribution in [0.2, 0.25) is 0 Å². The Morgan fingerprint density at radius 1 is 1.23 bits per heavy atom. The third-order valence-electron chi connectivity index (χ3n) is 5.11. The summed E-state index contributed by atoms with van der Waals surface area (Å²) >= 11 is 1.33. The van der Waals surface area contributed by atoms with Gasteiger partial charge in [-0.2, -0.15) is 0 Å². The average molecular weight is 372 g/mol. The van der Waals surface area contributed by atoms with Crippen LogP contribution in [0.4, 0.5) is 0 Å². The summed E-state index contributed by atoms with van der Waals surface area (Å²) in [7, 11) is 0. The lowest BCUT2D eigenvalue weighted by atomic mass is 10.1. The second-order valence-corrected chi connectivity index (χ2v) is 8.20. The van der Waals surface area contributed by atoms with E-state index in [-0.39, 0.29) is 11.6 Å². The summed E-state index contributed by atoms with van der Waals surface area (Å²) in [6.07, 6.45) is 5.73. The van der Waals surface area contributed by atoms with E-state index in [1.54, 1.807) is 4.57 Å². The van der Waals surface area contributed by atoms with Gasteiger partial charge in [-0.15, -0.1) is 5.10 Å². The molecule has 2 aromatic rings. The van der Waals surface area contributed by atoms with Crippen molar-refractivity contribution in [3.8, 4) is 0 Å². The van der Waals surface area contributed by atoms with E-state index in [1.807, 2.05) is 30.3 Å². The quantitative estimate of drug-likeness (QED) is 0.662. The number of hydrogen-bond acceptors (Lipinski definition) is 4. The average Bonchev–Trinajstić information content (AvgIpc) is 3.56. The zero-order valence-corrected chi connectivity index (χ0v) is 15.5. The molecule has 2 saturated carbocycles. The highest BCUT2D eigenvalue weighted by atomic mass is 32.2. The first-order chi connectivity index (χ1) is 12.7. The Balaban J connectivity index is 1.31. The molecule has 0 bridgehead atoms. The van der Waals surface area contributed by atoms with Gasteiger partial charge in [-0.05, 0) is 49.5 Å². The SMILES string of the molecule is O=C(CSc1n[nH]c(=O)n1CCc1ccccc1)NC(C1CC1)C1CC1. The van der Waals surface area contributed by atoms with E-state index in [4.69, 9.17) is 0 Å². The monoisotopic (exact) mass is 372 g/mol. The second-order valence-electron chi connectivity index (χ2n) is 7.26. The Morgan fingerprint density at radius 3 is 2.58 bits per heavy atom. The number of aromatic amines is 1. The lowest BCUT2D eigenvalue weighted by Crippen LogP contribution is -2.39. The number of hydrogen-bond donors (Lipinski definition) is 2.